The van der Waals surface area contributed by atoms with Gasteiger partial charge in [0, 0.05) is 25.2 Å². The van der Waals surface area contributed by atoms with E-state index in [0.717, 1.165) is 5.57 Å². The molecule has 2 aliphatic heterocycles. The van der Waals surface area contributed by atoms with Crippen LogP contribution in [0.3, 0.4) is 0 Å². The first-order valence-corrected chi connectivity index (χ1v) is 4.58. The van der Waals surface area contributed by atoms with Crippen molar-refractivity contribution in [3.05, 3.63) is 12.2 Å². The van der Waals surface area contributed by atoms with Crippen molar-refractivity contribution in [1.29, 1.82) is 0 Å². The molecular weight excluding hydrogens is 193 g/mol. The number of rotatable bonds is 1. The van der Waals surface area contributed by atoms with Gasteiger partial charge in [0.25, 0.3) is 0 Å². The van der Waals surface area contributed by atoms with E-state index in [1.165, 1.54) is 4.90 Å². The summed E-state index contributed by atoms with van der Waals surface area (Å²) in [4.78, 5) is 3.55. The zero-order valence-electron chi connectivity index (χ0n) is 8.01. The number of likely N-dealkylation sites (tertiary alicyclic amines) is 2. The van der Waals surface area contributed by atoms with E-state index in [9.17, 15) is 13.2 Å². The molecule has 5 heteroatoms. The molecule has 2 fully saturated rings. The topological polar surface area (TPSA) is 6.48 Å². The van der Waals surface area contributed by atoms with Crippen molar-refractivity contribution in [2.75, 3.05) is 26.7 Å². The highest BCUT2D eigenvalue weighted by Gasteiger charge is 2.47. The third-order valence-electron chi connectivity index (χ3n) is 3.08. The third-order valence-corrected chi connectivity index (χ3v) is 3.08. The van der Waals surface area contributed by atoms with E-state index in [-0.39, 0.29) is 12.1 Å². The highest BCUT2D eigenvalue weighted by molar-refractivity contribution is 5.27. The maximum atomic E-state index is 12.2. The lowest BCUT2D eigenvalue weighted by Gasteiger charge is -2.31. The Morgan fingerprint density at radius 3 is 2.36 bits per heavy atom. The molecule has 2 saturated heterocycles. The smallest absolute Gasteiger partial charge is 0.296 e. The number of hydrogen-bond donors (Lipinski definition) is 0. The third kappa shape index (κ3) is 1.54. The van der Waals surface area contributed by atoms with Crippen LogP contribution in [0.4, 0.5) is 13.2 Å². The van der Waals surface area contributed by atoms with E-state index in [4.69, 9.17) is 0 Å². The van der Waals surface area contributed by atoms with Crippen molar-refractivity contribution in [2.24, 2.45) is 0 Å². The monoisotopic (exact) mass is 206 g/mol. The Morgan fingerprint density at radius 1 is 1.36 bits per heavy atom. The molecule has 0 spiro atoms. The summed E-state index contributed by atoms with van der Waals surface area (Å²) in [5.41, 5.74) is 0.941. The fourth-order valence-electron chi connectivity index (χ4n) is 2.38. The SMILES string of the molecule is C=C1[C@H]2CN(CC(F)(F)F)[C@@H]1CN2C. The zero-order valence-corrected chi connectivity index (χ0v) is 8.01. The molecule has 0 aliphatic carbocycles. The lowest BCUT2D eigenvalue weighted by molar-refractivity contribution is -0.149. The summed E-state index contributed by atoms with van der Waals surface area (Å²) in [6.45, 7) is 4.21. The Hall–Kier alpha value is -0.550. The maximum Gasteiger partial charge on any atom is 0.401 e. The van der Waals surface area contributed by atoms with Crippen molar-refractivity contribution >= 4 is 0 Å². The molecule has 2 rings (SSSR count). The van der Waals surface area contributed by atoms with Crippen LogP contribution < -0.4 is 0 Å². The predicted molar refractivity (Wildman–Crippen MR) is 47.0 cm³/mol. The van der Waals surface area contributed by atoms with Gasteiger partial charge in [-0.15, -0.1) is 0 Å². The first kappa shape index (κ1) is 9.98. The molecule has 0 radical (unpaired) electrons. The molecule has 2 bridgehead atoms. The first-order chi connectivity index (χ1) is 6.38. The molecule has 2 heterocycles. The molecule has 0 saturated carbocycles. The van der Waals surface area contributed by atoms with E-state index in [1.54, 1.807) is 0 Å². The van der Waals surface area contributed by atoms with Gasteiger partial charge >= 0.3 is 6.18 Å². The largest absolute Gasteiger partial charge is 0.401 e. The molecule has 0 amide bonds. The van der Waals surface area contributed by atoms with Gasteiger partial charge in [-0.1, -0.05) is 6.58 Å². The van der Waals surface area contributed by atoms with Crippen molar-refractivity contribution in [3.8, 4) is 0 Å². The summed E-state index contributed by atoms with van der Waals surface area (Å²) in [5, 5.41) is 0. The highest BCUT2D eigenvalue weighted by Crippen LogP contribution is 2.35. The van der Waals surface area contributed by atoms with Crippen LogP contribution in [0.5, 0.6) is 0 Å². The molecule has 0 aromatic rings. The normalized spacial score (nSPS) is 34.4. The summed E-state index contributed by atoms with van der Waals surface area (Å²) in [7, 11) is 1.93. The van der Waals surface area contributed by atoms with Gasteiger partial charge in [0.2, 0.25) is 0 Å². The Labute approximate surface area is 81.0 Å². The van der Waals surface area contributed by atoms with Crippen molar-refractivity contribution in [3.63, 3.8) is 0 Å². The summed E-state index contributed by atoms with van der Waals surface area (Å²) >= 11 is 0. The molecule has 2 aliphatic rings. The lowest BCUT2D eigenvalue weighted by atomic mass is 10.1. The second kappa shape index (κ2) is 2.97. The summed E-state index contributed by atoms with van der Waals surface area (Å²) in [5.74, 6) is 0. The van der Waals surface area contributed by atoms with E-state index in [0.29, 0.717) is 13.1 Å². The average molecular weight is 206 g/mol. The first-order valence-electron chi connectivity index (χ1n) is 4.58. The summed E-state index contributed by atoms with van der Waals surface area (Å²) < 4.78 is 36.5. The number of fused-ring (bicyclic) bond motifs is 2. The minimum Gasteiger partial charge on any atom is -0.296 e. The number of alkyl halides is 3. The highest BCUT2D eigenvalue weighted by atomic mass is 19.4. The average Bonchev–Trinajstić information content (AvgIpc) is 2.41. The van der Waals surface area contributed by atoms with Crippen molar-refractivity contribution < 1.29 is 13.2 Å². The van der Waals surface area contributed by atoms with Gasteiger partial charge in [0.05, 0.1) is 6.54 Å². The van der Waals surface area contributed by atoms with Crippen LogP contribution in [0.1, 0.15) is 0 Å². The second-order valence-corrected chi connectivity index (χ2v) is 4.09. The van der Waals surface area contributed by atoms with Crippen LogP contribution in [0.15, 0.2) is 12.2 Å². The van der Waals surface area contributed by atoms with E-state index in [2.05, 4.69) is 11.5 Å². The quantitative estimate of drug-likeness (QED) is 0.593. The van der Waals surface area contributed by atoms with Crippen molar-refractivity contribution in [1.82, 2.24) is 9.80 Å². The van der Waals surface area contributed by atoms with Crippen LogP contribution in [0.2, 0.25) is 0 Å². The van der Waals surface area contributed by atoms with E-state index in [1.807, 2.05) is 7.05 Å². The van der Waals surface area contributed by atoms with Gasteiger partial charge in [-0.2, -0.15) is 13.2 Å². The minimum atomic E-state index is -4.09. The van der Waals surface area contributed by atoms with Crippen LogP contribution in [0.25, 0.3) is 0 Å². The Bertz CT molecular complexity index is 261. The number of nitrogens with zero attached hydrogens (tertiary/aromatic N) is 2. The molecule has 0 aromatic heterocycles. The van der Waals surface area contributed by atoms with Gasteiger partial charge in [0.15, 0.2) is 0 Å². The summed E-state index contributed by atoms with van der Waals surface area (Å²) in [6, 6.07) is 0.0361. The van der Waals surface area contributed by atoms with Crippen LogP contribution in [-0.4, -0.2) is 54.7 Å². The Morgan fingerprint density at radius 2 is 2.00 bits per heavy atom. The molecule has 80 valence electrons. The zero-order chi connectivity index (χ0) is 10.5. The fourth-order valence-corrected chi connectivity index (χ4v) is 2.38. The van der Waals surface area contributed by atoms with Gasteiger partial charge in [-0.25, -0.2) is 0 Å². The lowest BCUT2D eigenvalue weighted by Crippen LogP contribution is -2.47. The van der Waals surface area contributed by atoms with Gasteiger partial charge in [-0.3, -0.25) is 9.80 Å². The van der Waals surface area contributed by atoms with Gasteiger partial charge < -0.3 is 0 Å². The van der Waals surface area contributed by atoms with Crippen LogP contribution in [-0.2, 0) is 0 Å². The Balaban J connectivity index is 2.04. The molecule has 14 heavy (non-hydrogen) atoms. The number of likely N-dealkylation sites (N-methyl/N-ethyl adjacent to an activating group) is 1. The standard InChI is InChI=1S/C9H13F3N2/c1-6-7-4-14(5-9(10,11)12)8(6)3-13(7)2/h7-8H,1,3-5H2,2H3/t7-,8-/m1/s1. The van der Waals surface area contributed by atoms with Crippen LogP contribution in [0, 0.1) is 0 Å². The van der Waals surface area contributed by atoms with E-state index < -0.39 is 12.7 Å². The molecule has 0 unspecified atom stereocenters. The minimum absolute atomic E-state index is 0.0911. The molecule has 2 atom stereocenters. The number of hydrogen-bond acceptors (Lipinski definition) is 2. The Kier molecular flexibility index (Phi) is 2.12. The second-order valence-electron chi connectivity index (χ2n) is 4.09. The van der Waals surface area contributed by atoms with E-state index >= 15 is 0 Å². The number of halogens is 3. The van der Waals surface area contributed by atoms with Crippen molar-refractivity contribution in [2.45, 2.75) is 18.3 Å². The van der Waals surface area contributed by atoms with Gasteiger partial charge in [-0.05, 0) is 12.6 Å². The number of piperazine rings is 1. The summed E-state index contributed by atoms with van der Waals surface area (Å²) in [6.07, 6.45) is -4.09. The fraction of sp³-hybridized carbons (Fsp3) is 0.778. The molecule has 0 aromatic carbocycles. The predicted octanol–water partition coefficient (Wildman–Crippen LogP) is 1.10. The molecule has 0 N–H and O–H groups in total. The van der Waals surface area contributed by atoms with Crippen LogP contribution >= 0.6 is 0 Å². The molecule has 2 nitrogen and oxygen atoms in total. The maximum absolute atomic E-state index is 12.2. The van der Waals surface area contributed by atoms with Gasteiger partial charge in [0.1, 0.15) is 0 Å². The molecular formula is C9H13F3N2.